The van der Waals surface area contributed by atoms with Gasteiger partial charge >= 0.3 is 0 Å². The van der Waals surface area contributed by atoms with Gasteiger partial charge in [-0.3, -0.25) is 9.48 Å². The fourth-order valence-corrected chi connectivity index (χ4v) is 3.28. The first-order chi connectivity index (χ1) is 15.0. The number of phenols is 1. The number of carbonyl (C=O) groups excluding carboxylic acids is 1. The lowest BCUT2D eigenvalue weighted by Gasteiger charge is -2.07. The number of phenolic OH excluding ortho intramolecular Hbond substituents is 1. The van der Waals surface area contributed by atoms with Gasteiger partial charge in [-0.05, 0) is 42.3 Å². The second kappa shape index (κ2) is 11.5. The molecule has 0 radical (unpaired) electrons. The zero-order chi connectivity index (χ0) is 22.1. The lowest BCUT2D eigenvalue weighted by Crippen LogP contribution is -1.99. The number of ketones is 1. The molecule has 0 aliphatic carbocycles. The summed E-state index contributed by atoms with van der Waals surface area (Å²) in [5, 5.41) is 18.5. The molecule has 2 aromatic carbocycles. The predicted molar refractivity (Wildman–Crippen MR) is 124 cm³/mol. The van der Waals surface area contributed by atoms with Crippen molar-refractivity contribution in [1.82, 2.24) is 15.0 Å². The molecule has 0 saturated heterocycles. The summed E-state index contributed by atoms with van der Waals surface area (Å²) in [6.45, 7) is 3.27. The third kappa shape index (κ3) is 7.07. The Kier molecular flexibility index (Phi) is 8.41. The van der Waals surface area contributed by atoms with Gasteiger partial charge in [0.2, 0.25) is 0 Å². The monoisotopic (exact) mass is 483 g/mol. The van der Waals surface area contributed by atoms with Gasteiger partial charge in [0, 0.05) is 17.1 Å². The van der Waals surface area contributed by atoms with Gasteiger partial charge < -0.3 is 9.84 Å². The first-order valence-corrected chi connectivity index (χ1v) is 11.2. The van der Waals surface area contributed by atoms with Crippen molar-refractivity contribution >= 4 is 27.8 Å². The van der Waals surface area contributed by atoms with Gasteiger partial charge in [0.15, 0.2) is 5.78 Å². The Bertz CT molecular complexity index is 1030. The minimum Gasteiger partial charge on any atom is -0.507 e. The zero-order valence-corrected chi connectivity index (χ0v) is 19.1. The van der Waals surface area contributed by atoms with Crippen LogP contribution in [0, 0.1) is 0 Å². The standard InChI is InChI=1S/C24H26BrN3O3/c1-2-3-4-5-14-28-16-20(26-27-28)17-31-21-11-12-22(24(30)15-21)23(29)13-8-18-6-9-19(25)10-7-18/h6-13,15-16,30H,2-5,14,17H2,1H3/b13-8+. The molecule has 0 aliphatic heterocycles. The number of nitrogens with zero attached hydrogens (tertiary/aromatic N) is 3. The van der Waals surface area contributed by atoms with E-state index >= 15 is 0 Å². The lowest BCUT2D eigenvalue weighted by molar-refractivity contribution is 0.104. The van der Waals surface area contributed by atoms with Crippen molar-refractivity contribution in [3.63, 3.8) is 0 Å². The Labute approximate surface area is 190 Å². The Hall–Kier alpha value is -2.93. The third-order valence-corrected chi connectivity index (χ3v) is 5.27. The Balaban J connectivity index is 1.54. The van der Waals surface area contributed by atoms with Gasteiger partial charge in [0.1, 0.15) is 23.8 Å². The van der Waals surface area contributed by atoms with Crippen molar-refractivity contribution < 1.29 is 14.6 Å². The maximum absolute atomic E-state index is 12.4. The van der Waals surface area contributed by atoms with Gasteiger partial charge in [0.25, 0.3) is 0 Å². The van der Waals surface area contributed by atoms with Crippen LogP contribution >= 0.6 is 15.9 Å². The summed E-state index contributed by atoms with van der Waals surface area (Å²) in [7, 11) is 0. The van der Waals surface area contributed by atoms with Crippen molar-refractivity contribution in [1.29, 1.82) is 0 Å². The normalized spacial score (nSPS) is 11.2. The molecular weight excluding hydrogens is 458 g/mol. The molecular formula is C24H26BrN3O3. The van der Waals surface area contributed by atoms with E-state index in [0.29, 0.717) is 11.4 Å². The molecule has 31 heavy (non-hydrogen) atoms. The molecule has 3 rings (SSSR count). The number of aromatic nitrogens is 3. The van der Waals surface area contributed by atoms with Crippen molar-refractivity contribution in [2.75, 3.05) is 0 Å². The van der Waals surface area contributed by atoms with Gasteiger partial charge in [-0.1, -0.05) is 65.5 Å². The summed E-state index contributed by atoms with van der Waals surface area (Å²) in [5.74, 6) is 0.0592. The molecule has 1 N–H and O–H groups in total. The summed E-state index contributed by atoms with van der Waals surface area (Å²) >= 11 is 3.38. The molecule has 0 aliphatic rings. The van der Waals surface area contributed by atoms with Crippen molar-refractivity contribution in [2.45, 2.75) is 45.8 Å². The highest BCUT2D eigenvalue weighted by Crippen LogP contribution is 2.25. The van der Waals surface area contributed by atoms with Crippen LogP contribution in [0.3, 0.4) is 0 Å². The number of allylic oxidation sites excluding steroid dienone is 1. The number of aryl methyl sites for hydroxylation is 1. The highest BCUT2D eigenvalue weighted by Gasteiger charge is 2.10. The van der Waals surface area contributed by atoms with E-state index in [4.69, 9.17) is 4.74 Å². The number of rotatable bonds is 11. The second-order valence-electron chi connectivity index (χ2n) is 7.25. The van der Waals surface area contributed by atoms with E-state index in [1.807, 2.05) is 35.1 Å². The maximum atomic E-state index is 12.4. The van der Waals surface area contributed by atoms with Crippen LogP contribution in [0.1, 0.15) is 54.2 Å². The highest BCUT2D eigenvalue weighted by molar-refractivity contribution is 9.10. The molecule has 0 amide bonds. The summed E-state index contributed by atoms with van der Waals surface area (Å²) < 4.78 is 8.49. The quantitative estimate of drug-likeness (QED) is 0.211. The van der Waals surface area contributed by atoms with Crippen molar-refractivity contribution in [3.05, 3.63) is 76.0 Å². The average molecular weight is 484 g/mol. The summed E-state index contributed by atoms with van der Waals surface area (Å²) in [6, 6.07) is 12.3. The molecule has 0 bridgehead atoms. The van der Waals surface area contributed by atoms with Gasteiger partial charge in [0.05, 0.1) is 11.8 Å². The van der Waals surface area contributed by atoms with Crippen LogP contribution < -0.4 is 4.74 Å². The maximum Gasteiger partial charge on any atom is 0.189 e. The number of aromatic hydroxyl groups is 1. The fraction of sp³-hybridized carbons (Fsp3) is 0.292. The topological polar surface area (TPSA) is 77.2 Å². The van der Waals surface area contributed by atoms with E-state index in [1.54, 1.807) is 18.2 Å². The lowest BCUT2D eigenvalue weighted by atomic mass is 10.1. The minimum atomic E-state index is -0.280. The number of benzene rings is 2. The number of unbranched alkanes of at least 4 members (excludes halogenated alkanes) is 3. The van der Waals surface area contributed by atoms with Crippen LogP contribution in [0.5, 0.6) is 11.5 Å². The van der Waals surface area contributed by atoms with Crippen molar-refractivity contribution in [3.8, 4) is 11.5 Å². The first kappa shape index (κ1) is 22.7. The smallest absolute Gasteiger partial charge is 0.189 e. The number of ether oxygens (including phenoxy) is 1. The van der Waals surface area contributed by atoms with Gasteiger partial charge in [-0.2, -0.15) is 0 Å². The Morgan fingerprint density at radius 3 is 2.71 bits per heavy atom. The van der Waals surface area contributed by atoms with Crippen LogP contribution in [0.15, 0.2) is 59.2 Å². The number of hydrogen-bond acceptors (Lipinski definition) is 5. The van der Waals surface area contributed by atoms with Gasteiger partial charge in [-0.15, -0.1) is 5.10 Å². The molecule has 0 atom stereocenters. The average Bonchev–Trinajstić information content (AvgIpc) is 3.22. The molecule has 6 nitrogen and oxygen atoms in total. The number of halogens is 1. The van der Waals surface area contributed by atoms with E-state index < -0.39 is 0 Å². The van der Waals surface area contributed by atoms with Crippen LogP contribution in [0.25, 0.3) is 6.08 Å². The molecule has 0 spiro atoms. The SMILES string of the molecule is CCCCCCn1cc(COc2ccc(C(=O)/C=C/c3ccc(Br)cc3)c(O)c2)nn1. The van der Waals surface area contributed by atoms with E-state index in [0.717, 1.165) is 23.0 Å². The van der Waals surface area contributed by atoms with Crippen LogP contribution in [-0.2, 0) is 13.2 Å². The minimum absolute atomic E-state index is 0.123. The van der Waals surface area contributed by atoms with Crippen LogP contribution in [0.2, 0.25) is 0 Å². The molecule has 0 fully saturated rings. The second-order valence-corrected chi connectivity index (χ2v) is 8.17. The molecule has 0 saturated carbocycles. The largest absolute Gasteiger partial charge is 0.507 e. The zero-order valence-electron chi connectivity index (χ0n) is 17.5. The fourth-order valence-electron chi connectivity index (χ4n) is 3.02. The van der Waals surface area contributed by atoms with E-state index in [-0.39, 0.29) is 23.7 Å². The third-order valence-electron chi connectivity index (χ3n) is 4.75. The molecule has 3 aromatic rings. The number of carbonyl (C=O) groups is 1. The molecule has 7 heteroatoms. The van der Waals surface area contributed by atoms with Gasteiger partial charge in [-0.25, -0.2) is 0 Å². The highest BCUT2D eigenvalue weighted by atomic mass is 79.9. The summed E-state index contributed by atoms with van der Waals surface area (Å²) in [4.78, 5) is 12.4. The molecule has 1 heterocycles. The first-order valence-electron chi connectivity index (χ1n) is 10.4. The summed E-state index contributed by atoms with van der Waals surface area (Å²) in [6.07, 6.45) is 9.72. The molecule has 1 aromatic heterocycles. The van der Waals surface area contributed by atoms with Crippen LogP contribution in [-0.4, -0.2) is 25.9 Å². The van der Waals surface area contributed by atoms with Crippen molar-refractivity contribution in [2.24, 2.45) is 0 Å². The van der Waals surface area contributed by atoms with E-state index in [1.165, 1.54) is 31.4 Å². The predicted octanol–water partition coefficient (Wildman–Crippen LogP) is 5.80. The number of hydrogen-bond donors (Lipinski definition) is 1. The Morgan fingerprint density at radius 1 is 1.16 bits per heavy atom. The van der Waals surface area contributed by atoms with E-state index in [2.05, 4.69) is 33.2 Å². The molecule has 162 valence electrons. The Morgan fingerprint density at radius 2 is 1.97 bits per heavy atom. The van der Waals surface area contributed by atoms with E-state index in [9.17, 15) is 9.90 Å². The van der Waals surface area contributed by atoms with Crippen LogP contribution in [0.4, 0.5) is 0 Å². The summed E-state index contributed by atoms with van der Waals surface area (Å²) in [5.41, 5.74) is 1.83. The molecule has 0 unspecified atom stereocenters.